The number of carbonyl (C=O) groups is 2. The van der Waals surface area contributed by atoms with Crippen molar-refractivity contribution in [3.63, 3.8) is 0 Å². The Kier molecular flexibility index (Phi) is 12.1. The molecule has 42 heavy (non-hydrogen) atoms. The van der Waals surface area contributed by atoms with Crippen molar-refractivity contribution in [1.82, 2.24) is 0 Å². The smallest absolute Gasteiger partial charge is 0.466 e. The first-order valence-electron chi connectivity index (χ1n) is 14.1. The predicted molar refractivity (Wildman–Crippen MR) is 169 cm³/mol. The molecule has 0 amide bonds. The molecule has 0 aliphatic carbocycles. The zero-order valence-corrected chi connectivity index (χ0v) is 26.3. The lowest BCUT2D eigenvalue weighted by atomic mass is 9.75. The molecule has 1 atom stereocenters. The van der Waals surface area contributed by atoms with E-state index >= 15 is 0 Å². The second-order valence-electron chi connectivity index (χ2n) is 10.6. The minimum Gasteiger partial charge on any atom is -0.466 e. The fraction of sp³-hybridized carbons (Fsp3) is 0.467. The van der Waals surface area contributed by atoms with Gasteiger partial charge in [-0.3, -0.25) is 9.59 Å². The number of carbonyl (C=O) groups excluding carboxylic acids is 2. The van der Waals surface area contributed by atoms with Crippen LogP contribution in [-0.4, -0.2) is 69.0 Å². The van der Waals surface area contributed by atoms with Gasteiger partial charge in [0.15, 0.2) is 0 Å². The van der Waals surface area contributed by atoms with Gasteiger partial charge in [0.1, 0.15) is 0 Å². The monoisotopic (exact) mass is 642 g/mol. The molecule has 10 nitrogen and oxygen atoms in total. The quantitative estimate of drug-likeness (QED) is 0.0875. The van der Waals surface area contributed by atoms with Gasteiger partial charge in [0, 0.05) is 52.5 Å². The molecule has 226 valence electrons. The molecule has 2 aromatic carbocycles. The van der Waals surface area contributed by atoms with Crippen LogP contribution in [-0.2, 0) is 28.4 Å². The molecule has 1 aliphatic heterocycles. The van der Waals surface area contributed by atoms with E-state index in [9.17, 15) is 9.59 Å². The van der Waals surface area contributed by atoms with Crippen molar-refractivity contribution in [2.45, 2.75) is 64.6 Å². The van der Waals surface area contributed by atoms with Gasteiger partial charge in [-0.25, -0.2) is 0 Å². The summed E-state index contributed by atoms with van der Waals surface area (Å²) in [6.07, 6.45) is 4.13. The first kappa shape index (κ1) is 33.3. The van der Waals surface area contributed by atoms with Crippen molar-refractivity contribution < 1.29 is 28.4 Å². The van der Waals surface area contributed by atoms with Crippen molar-refractivity contribution in [3.05, 3.63) is 52.0 Å². The fourth-order valence-corrected chi connectivity index (χ4v) is 5.20. The number of ether oxygens (including phenoxy) is 2. The lowest BCUT2D eigenvalue weighted by Crippen LogP contribution is -2.44. The fourth-order valence-electron chi connectivity index (χ4n) is 4.72. The lowest BCUT2D eigenvalue weighted by Gasteiger charge is -2.36. The van der Waals surface area contributed by atoms with E-state index in [0.29, 0.717) is 43.8 Å². The Hall–Kier alpha value is -3.22. The van der Waals surface area contributed by atoms with Crippen molar-refractivity contribution >= 4 is 64.3 Å². The standard InChI is InChI=1S/C30H40BBrN4O6/c1-5-39-27(37)13-16-35-25-11-6-9-23(21(25)19-33)31-41-29(2,3)30(4,42-31)15-8-18-40-28(38)14-17-36-26-12-7-10-24(32)22(26)20-34/h6-7,9-12,19-20,33-36H,5,8,13-18H2,1-4H3. The van der Waals surface area contributed by atoms with Gasteiger partial charge >= 0.3 is 19.1 Å². The summed E-state index contributed by atoms with van der Waals surface area (Å²) >= 11 is 3.43. The van der Waals surface area contributed by atoms with Crippen molar-refractivity contribution in [1.29, 1.82) is 10.8 Å². The topological polar surface area (TPSA) is 143 Å². The molecule has 0 spiro atoms. The van der Waals surface area contributed by atoms with Crippen LogP contribution in [0.25, 0.3) is 0 Å². The molecule has 1 unspecified atom stereocenters. The summed E-state index contributed by atoms with van der Waals surface area (Å²) in [7, 11) is -0.689. The van der Waals surface area contributed by atoms with Crippen LogP contribution in [0.3, 0.4) is 0 Å². The van der Waals surface area contributed by atoms with Gasteiger partial charge in [0.2, 0.25) is 0 Å². The minimum atomic E-state index is -0.689. The molecule has 12 heteroatoms. The average molecular weight is 643 g/mol. The summed E-state index contributed by atoms with van der Waals surface area (Å²) in [5.74, 6) is -0.583. The molecule has 2 aromatic rings. The SMILES string of the molecule is CCOC(=O)CCNc1cccc(B2OC(C)(C)C(C)(CCCOC(=O)CCNc3cccc(Br)c3C=N)O2)c1C=N. The van der Waals surface area contributed by atoms with Crippen molar-refractivity contribution in [2.24, 2.45) is 0 Å². The summed E-state index contributed by atoms with van der Waals surface area (Å²) < 4.78 is 24.1. The third-order valence-electron chi connectivity index (χ3n) is 7.43. The van der Waals surface area contributed by atoms with E-state index < -0.39 is 18.3 Å². The average Bonchev–Trinajstić information content (AvgIpc) is 3.19. The highest BCUT2D eigenvalue weighted by atomic mass is 79.9. The van der Waals surface area contributed by atoms with Gasteiger partial charge < -0.3 is 40.2 Å². The Morgan fingerprint density at radius 2 is 1.52 bits per heavy atom. The Labute approximate surface area is 256 Å². The Morgan fingerprint density at radius 3 is 2.14 bits per heavy atom. The van der Waals surface area contributed by atoms with Crippen LogP contribution in [0.15, 0.2) is 40.9 Å². The van der Waals surface area contributed by atoms with E-state index in [1.165, 1.54) is 12.4 Å². The van der Waals surface area contributed by atoms with Gasteiger partial charge in [0.25, 0.3) is 0 Å². The third kappa shape index (κ3) is 8.42. The summed E-state index contributed by atoms with van der Waals surface area (Å²) in [6.45, 7) is 9.07. The number of anilines is 2. The third-order valence-corrected chi connectivity index (χ3v) is 8.12. The van der Waals surface area contributed by atoms with Crippen LogP contribution < -0.4 is 16.1 Å². The number of halogens is 1. The van der Waals surface area contributed by atoms with Gasteiger partial charge in [-0.05, 0) is 64.2 Å². The highest BCUT2D eigenvalue weighted by Crippen LogP contribution is 2.40. The number of hydrogen-bond donors (Lipinski definition) is 4. The molecule has 1 fully saturated rings. The Bertz CT molecular complexity index is 1280. The highest BCUT2D eigenvalue weighted by molar-refractivity contribution is 9.10. The summed E-state index contributed by atoms with van der Waals surface area (Å²) in [5, 5.41) is 22.0. The molecule has 3 rings (SSSR count). The second kappa shape index (κ2) is 15.3. The molecule has 1 saturated heterocycles. The number of rotatable bonds is 16. The maximum absolute atomic E-state index is 12.3. The van der Waals surface area contributed by atoms with E-state index in [1.54, 1.807) is 6.92 Å². The van der Waals surface area contributed by atoms with E-state index in [0.717, 1.165) is 21.2 Å². The van der Waals surface area contributed by atoms with Crippen LogP contribution in [0.4, 0.5) is 11.4 Å². The molecule has 0 radical (unpaired) electrons. The van der Waals surface area contributed by atoms with Crippen LogP contribution in [0, 0.1) is 10.8 Å². The molecule has 0 aromatic heterocycles. The van der Waals surface area contributed by atoms with Crippen molar-refractivity contribution in [3.8, 4) is 0 Å². The maximum Gasteiger partial charge on any atom is 0.495 e. The number of esters is 2. The normalized spacial score (nSPS) is 17.4. The van der Waals surface area contributed by atoms with E-state index in [2.05, 4.69) is 26.6 Å². The first-order chi connectivity index (χ1) is 20.0. The van der Waals surface area contributed by atoms with Gasteiger partial charge in [-0.15, -0.1) is 0 Å². The van der Waals surface area contributed by atoms with Crippen LogP contribution in [0.5, 0.6) is 0 Å². The van der Waals surface area contributed by atoms with Gasteiger partial charge in [-0.1, -0.05) is 34.1 Å². The lowest BCUT2D eigenvalue weighted by molar-refractivity contribution is -0.144. The summed E-state index contributed by atoms with van der Waals surface area (Å²) in [4.78, 5) is 24.0. The van der Waals surface area contributed by atoms with Crippen LogP contribution in [0.1, 0.15) is 64.5 Å². The maximum atomic E-state index is 12.3. The van der Waals surface area contributed by atoms with E-state index in [1.807, 2.05) is 57.2 Å². The summed E-state index contributed by atoms with van der Waals surface area (Å²) in [6, 6.07) is 11.2. The van der Waals surface area contributed by atoms with Gasteiger partial charge in [0.05, 0.1) is 37.3 Å². The predicted octanol–water partition coefficient (Wildman–Crippen LogP) is 4.91. The molecule has 1 heterocycles. The molecule has 0 bridgehead atoms. The van der Waals surface area contributed by atoms with E-state index in [-0.39, 0.29) is 31.4 Å². The van der Waals surface area contributed by atoms with Crippen molar-refractivity contribution in [2.75, 3.05) is 36.9 Å². The number of benzene rings is 2. The van der Waals surface area contributed by atoms with Crippen LogP contribution in [0.2, 0.25) is 0 Å². The molecule has 1 aliphatic rings. The van der Waals surface area contributed by atoms with Crippen LogP contribution >= 0.6 is 15.9 Å². The Morgan fingerprint density at radius 1 is 0.929 bits per heavy atom. The summed E-state index contributed by atoms with van der Waals surface area (Å²) in [5.41, 5.74) is 2.25. The molecular formula is C30H40BBrN4O6. The zero-order valence-electron chi connectivity index (χ0n) is 24.7. The van der Waals surface area contributed by atoms with Gasteiger partial charge in [-0.2, -0.15) is 0 Å². The molecular weight excluding hydrogens is 603 g/mol. The second-order valence-corrected chi connectivity index (χ2v) is 11.4. The Balaban J connectivity index is 1.51. The minimum absolute atomic E-state index is 0.199. The first-order valence-corrected chi connectivity index (χ1v) is 14.9. The number of nitrogens with one attached hydrogen (secondary N) is 4. The molecule has 0 saturated carbocycles. The zero-order chi connectivity index (χ0) is 30.8. The van der Waals surface area contributed by atoms with E-state index in [4.69, 9.17) is 29.6 Å². The highest BCUT2D eigenvalue weighted by Gasteiger charge is 2.54. The molecule has 4 N–H and O–H groups in total. The number of hydrogen-bond acceptors (Lipinski definition) is 10. The largest absolute Gasteiger partial charge is 0.495 e.